The molecule has 0 aromatic heterocycles. The molecular formula is C17H25N3O2. The van der Waals surface area contributed by atoms with Crippen molar-refractivity contribution in [3.05, 3.63) is 29.8 Å². The third-order valence-corrected chi connectivity index (χ3v) is 4.03. The van der Waals surface area contributed by atoms with Crippen molar-refractivity contribution in [2.75, 3.05) is 5.32 Å². The minimum Gasteiger partial charge on any atom is -0.352 e. The molecule has 2 unspecified atom stereocenters. The third kappa shape index (κ3) is 4.84. The lowest BCUT2D eigenvalue weighted by atomic mass is 10.1. The molecule has 5 heteroatoms. The maximum absolute atomic E-state index is 12.0. The number of carbonyl (C=O) groups excluding carboxylic acids is 2. The summed E-state index contributed by atoms with van der Waals surface area (Å²) >= 11 is 0. The molecule has 120 valence electrons. The zero-order valence-corrected chi connectivity index (χ0v) is 13.1. The quantitative estimate of drug-likeness (QED) is 0.753. The van der Waals surface area contributed by atoms with Gasteiger partial charge in [0.1, 0.15) is 0 Å². The van der Waals surface area contributed by atoms with Gasteiger partial charge >= 0.3 is 0 Å². The van der Waals surface area contributed by atoms with E-state index in [1.807, 2.05) is 31.2 Å². The van der Waals surface area contributed by atoms with E-state index in [-0.39, 0.29) is 23.8 Å². The zero-order chi connectivity index (χ0) is 15.9. The number of nitrogens with one attached hydrogen (secondary N) is 2. The lowest BCUT2D eigenvalue weighted by Gasteiger charge is -2.11. The molecule has 1 aliphatic carbocycles. The molecule has 0 bridgehead atoms. The van der Waals surface area contributed by atoms with Crippen molar-refractivity contribution < 1.29 is 9.59 Å². The fraction of sp³-hybridized carbons (Fsp3) is 0.529. The van der Waals surface area contributed by atoms with E-state index in [4.69, 9.17) is 5.73 Å². The van der Waals surface area contributed by atoms with Crippen molar-refractivity contribution in [3.8, 4) is 0 Å². The summed E-state index contributed by atoms with van der Waals surface area (Å²) in [5.74, 6) is 0.178. The first-order chi connectivity index (χ1) is 10.6. The molecule has 1 fully saturated rings. The van der Waals surface area contributed by atoms with Crippen LogP contribution in [0.5, 0.6) is 0 Å². The summed E-state index contributed by atoms with van der Waals surface area (Å²) in [6.45, 7) is 2.48. The Bertz CT molecular complexity index is 513. The largest absolute Gasteiger partial charge is 0.352 e. The highest BCUT2D eigenvalue weighted by molar-refractivity contribution is 5.90. The molecule has 0 spiro atoms. The normalized spacial score (nSPS) is 20.6. The first-order valence-corrected chi connectivity index (χ1v) is 8.00. The Balaban J connectivity index is 1.79. The van der Waals surface area contributed by atoms with Gasteiger partial charge in [-0.1, -0.05) is 19.1 Å². The number of hydrogen-bond acceptors (Lipinski definition) is 3. The lowest BCUT2D eigenvalue weighted by molar-refractivity contribution is -0.125. The fourth-order valence-corrected chi connectivity index (χ4v) is 2.74. The van der Waals surface area contributed by atoms with E-state index in [1.165, 1.54) is 0 Å². The van der Waals surface area contributed by atoms with Crippen molar-refractivity contribution in [3.63, 3.8) is 0 Å². The Morgan fingerprint density at radius 3 is 2.55 bits per heavy atom. The van der Waals surface area contributed by atoms with Crippen LogP contribution in [0.2, 0.25) is 0 Å². The van der Waals surface area contributed by atoms with Crippen LogP contribution in [0.15, 0.2) is 24.3 Å². The van der Waals surface area contributed by atoms with Crippen LogP contribution in [0.4, 0.5) is 5.69 Å². The first kappa shape index (κ1) is 16.5. The minimum atomic E-state index is 0.0288. The van der Waals surface area contributed by atoms with Gasteiger partial charge in [0.05, 0.1) is 0 Å². The molecule has 2 rings (SSSR count). The average Bonchev–Trinajstić information content (AvgIpc) is 2.93. The summed E-state index contributed by atoms with van der Waals surface area (Å²) in [6, 6.07) is 7.73. The van der Waals surface area contributed by atoms with Crippen molar-refractivity contribution in [1.82, 2.24) is 5.32 Å². The summed E-state index contributed by atoms with van der Waals surface area (Å²) in [5.41, 5.74) is 7.64. The molecule has 4 N–H and O–H groups in total. The maximum atomic E-state index is 12.0. The molecule has 2 atom stereocenters. The van der Waals surface area contributed by atoms with E-state index in [0.29, 0.717) is 13.0 Å². The van der Waals surface area contributed by atoms with Gasteiger partial charge in [-0.2, -0.15) is 0 Å². The van der Waals surface area contributed by atoms with Gasteiger partial charge in [-0.3, -0.25) is 9.59 Å². The summed E-state index contributed by atoms with van der Waals surface area (Å²) in [6.07, 6.45) is 3.97. The monoisotopic (exact) mass is 303 g/mol. The van der Waals surface area contributed by atoms with Crippen LogP contribution in [-0.4, -0.2) is 17.9 Å². The van der Waals surface area contributed by atoms with E-state index in [1.54, 1.807) is 0 Å². The molecule has 1 saturated carbocycles. The van der Waals surface area contributed by atoms with Crippen LogP contribution >= 0.6 is 0 Å². The first-order valence-electron chi connectivity index (χ1n) is 8.00. The highest BCUT2D eigenvalue weighted by Gasteiger charge is 2.27. The molecule has 5 nitrogen and oxygen atoms in total. The Morgan fingerprint density at radius 1 is 1.23 bits per heavy atom. The Kier molecular flexibility index (Phi) is 5.95. The van der Waals surface area contributed by atoms with Gasteiger partial charge in [-0.15, -0.1) is 0 Å². The van der Waals surface area contributed by atoms with E-state index in [9.17, 15) is 9.59 Å². The Morgan fingerprint density at radius 2 is 1.95 bits per heavy atom. The van der Waals surface area contributed by atoms with Crippen LogP contribution in [0.1, 0.15) is 44.6 Å². The number of hydrogen-bond donors (Lipinski definition) is 3. The van der Waals surface area contributed by atoms with Crippen molar-refractivity contribution in [1.29, 1.82) is 0 Å². The summed E-state index contributed by atoms with van der Waals surface area (Å²) in [7, 11) is 0. The van der Waals surface area contributed by atoms with Gasteiger partial charge < -0.3 is 16.4 Å². The smallest absolute Gasteiger partial charge is 0.224 e. The van der Waals surface area contributed by atoms with E-state index < -0.39 is 0 Å². The number of anilines is 1. The Labute approximate surface area is 131 Å². The second-order valence-corrected chi connectivity index (χ2v) is 5.98. The fourth-order valence-electron chi connectivity index (χ4n) is 2.74. The summed E-state index contributed by atoms with van der Waals surface area (Å²) in [4.78, 5) is 23.5. The zero-order valence-electron chi connectivity index (χ0n) is 13.1. The molecular weight excluding hydrogens is 278 g/mol. The number of amides is 2. The summed E-state index contributed by atoms with van der Waals surface area (Å²) < 4.78 is 0. The van der Waals surface area contributed by atoms with Crippen LogP contribution in [0, 0.1) is 5.92 Å². The predicted octanol–water partition coefficient (Wildman–Crippen LogP) is 2.17. The maximum Gasteiger partial charge on any atom is 0.224 e. The number of carbonyl (C=O) groups is 2. The molecule has 22 heavy (non-hydrogen) atoms. The SMILES string of the molecule is CCCC(=O)Nc1ccc(CNC(=O)C2CCC(N)C2)cc1. The standard InChI is InChI=1S/C17H25N3O2/c1-2-3-16(21)20-15-8-4-12(5-9-15)11-19-17(22)13-6-7-14(18)10-13/h4-5,8-9,13-14H,2-3,6-7,10-11,18H2,1H3,(H,19,22)(H,20,21). The van der Waals surface area contributed by atoms with Gasteiger partial charge in [0, 0.05) is 30.6 Å². The summed E-state index contributed by atoms with van der Waals surface area (Å²) in [5, 5.41) is 5.80. The second kappa shape index (κ2) is 7.94. The van der Waals surface area contributed by atoms with Crippen molar-refractivity contribution in [2.24, 2.45) is 11.7 Å². The molecule has 0 aliphatic heterocycles. The minimum absolute atomic E-state index is 0.0288. The van der Waals surface area contributed by atoms with E-state index in [2.05, 4.69) is 10.6 Å². The number of benzene rings is 1. The topological polar surface area (TPSA) is 84.2 Å². The van der Waals surface area contributed by atoms with Crippen LogP contribution in [0.25, 0.3) is 0 Å². The molecule has 1 aliphatic rings. The van der Waals surface area contributed by atoms with Crippen molar-refractivity contribution in [2.45, 2.75) is 51.6 Å². The highest BCUT2D eigenvalue weighted by atomic mass is 16.2. The lowest BCUT2D eigenvalue weighted by Crippen LogP contribution is -2.29. The highest BCUT2D eigenvalue weighted by Crippen LogP contribution is 2.24. The van der Waals surface area contributed by atoms with Gasteiger partial charge in [0.25, 0.3) is 0 Å². The molecule has 1 aromatic rings. The Hall–Kier alpha value is -1.88. The number of rotatable bonds is 6. The van der Waals surface area contributed by atoms with E-state index >= 15 is 0 Å². The van der Waals surface area contributed by atoms with Crippen LogP contribution in [0.3, 0.4) is 0 Å². The van der Waals surface area contributed by atoms with Gasteiger partial charge in [-0.05, 0) is 43.4 Å². The number of nitrogens with two attached hydrogens (primary N) is 1. The van der Waals surface area contributed by atoms with Crippen molar-refractivity contribution >= 4 is 17.5 Å². The van der Waals surface area contributed by atoms with Gasteiger partial charge in [0.2, 0.25) is 11.8 Å². The predicted molar refractivity (Wildman–Crippen MR) is 87.1 cm³/mol. The third-order valence-electron chi connectivity index (χ3n) is 4.03. The van der Waals surface area contributed by atoms with Crippen LogP contribution < -0.4 is 16.4 Å². The molecule has 1 aromatic carbocycles. The van der Waals surface area contributed by atoms with Gasteiger partial charge in [0.15, 0.2) is 0 Å². The average molecular weight is 303 g/mol. The van der Waals surface area contributed by atoms with Gasteiger partial charge in [-0.25, -0.2) is 0 Å². The van der Waals surface area contributed by atoms with E-state index in [0.717, 1.165) is 36.9 Å². The van der Waals surface area contributed by atoms with Crippen LogP contribution in [-0.2, 0) is 16.1 Å². The molecule has 0 saturated heterocycles. The molecule has 0 radical (unpaired) electrons. The second-order valence-electron chi connectivity index (χ2n) is 5.98. The molecule has 2 amide bonds. The molecule has 0 heterocycles.